The van der Waals surface area contributed by atoms with Crippen LogP contribution in [0.5, 0.6) is 0 Å². The number of rotatable bonds is 5. The third kappa shape index (κ3) is 4.99. The second kappa shape index (κ2) is 7.79. The molecule has 1 aliphatic rings. The molecule has 1 saturated heterocycles. The molecule has 2 rings (SSSR count). The fraction of sp³-hybridized carbons (Fsp3) is 0.667. The fourth-order valence-electron chi connectivity index (χ4n) is 2.93. The van der Waals surface area contributed by atoms with Gasteiger partial charge in [-0.25, -0.2) is 4.39 Å². The highest BCUT2D eigenvalue weighted by atomic mass is 19.1. The summed E-state index contributed by atoms with van der Waals surface area (Å²) in [5, 5.41) is 3.36. The van der Waals surface area contributed by atoms with E-state index in [1.54, 1.807) is 6.07 Å². The van der Waals surface area contributed by atoms with E-state index >= 15 is 0 Å². The smallest absolute Gasteiger partial charge is 0.146 e. The van der Waals surface area contributed by atoms with Gasteiger partial charge in [0.05, 0.1) is 5.69 Å². The quantitative estimate of drug-likeness (QED) is 0.875. The maximum atomic E-state index is 14.4. The molecule has 21 heavy (non-hydrogen) atoms. The second-order valence-electron chi connectivity index (χ2n) is 6.83. The SMILES string of the molecule is CC(C)CNCc1ccc(N2CCCC(C)CC2)c(F)c1. The van der Waals surface area contributed by atoms with E-state index in [0.29, 0.717) is 5.92 Å². The van der Waals surface area contributed by atoms with Gasteiger partial charge in [-0.2, -0.15) is 0 Å². The Kier molecular flexibility index (Phi) is 6.04. The van der Waals surface area contributed by atoms with Gasteiger partial charge >= 0.3 is 0 Å². The third-order valence-electron chi connectivity index (χ3n) is 4.25. The number of halogens is 1. The van der Waals surface area contributed by atoms with Crippen LogP contribution in [0.2, 0.25) is 0 Å². The molecule has 1 aromatic carbocycles. The standard InChI is InChI=1S/C18H29FN2/c1-14(2)12-20-13-16-6-7-18(17(19)11-16)21-9-4-5-15(3)8-10-21/h6-7,11,14-15,20H,4-5,8-10,12-13H2,1-3H3. The lowest BCUT2D eigenvalue weighted by Gasteiger charge is -2.23. The first kappa shape index (κ1) is 16.3. The highest BCUT2D eigenvalue weighted by Crippen LogP contribution is 2.25. The maximum Gasteiger partial charge on any atom is 0.146 e. The molecule has 0 saturated carbocycles. The van der Waals surface area contributed by atoms with Crippen LogP contribution in [-0.4, -0.2) is 19.6 Å². The summed E-state index contributed by atoms with van der Waals surface area (Å²) in [6.07, 6.45) is 3.59. The number of nitrogens with zero attached hydrogens (tertiary/aromatic N) is 1. The Hall–Kier alpha value is -1.09. The topological polar surface area (TPSA) is 15.3 Å². The Morgan fingerprint density at radius 2 is 2.10 bits per heavy atom. The highest BCUT2D eigenvalue weighted by Gasteiger charge is 2.17. The number of nitrogens with one attached hydrogen (secondary N) is 1. The first-order valence-corrected chi connectivity index (χ1v) is 8.30. The van der Waals surface area contributed by atoms with Crippen molar-refractivity contribution in [1.29, 1.82) is 0 Å². The Balaban J connectivity index is 1.98. The van der Waals surface area contributed by atoms with Gasteiger partial charge < -0.3 is 10.2 Å². The van der Waals surface area contributed by atoms with E-state index in [0.717, 1.165) is 56.2 Å². The van der Waals surface area contributed by atoms with Crippen molar-refractivity contribution < 1.29 is 4.39 Å². The normalized spacial score (nSPS) is 19.9. The average Bonchev–Trinajstić information content (AvgIpc) is 2.63. The summed E-state index contributed by atoms with van der Waals surface area (Å²) in [7, 11) is 0. The van der Waals surface area contributed by atoms with Gasteiger partial charge in [0.1, 0.15) is 5.82 Å². The molecule has 3 heteroatoms. The van der Waals surface area contributed by atoms with Gasteiger partial charge in [-0.3, -0.25) is 0 Å². The molecule has 1 aromatic rings. The molecule has 118 valence electrons. The average molecular weight is 292 g/mol. The van der Waals surface area contributed by atoms with Crippen LogP contribution in [0, 0.1) is 17.7 Å². The van der Waals surface area contributed by atoms with Crippen molar-refractivity contribution in [3.63, 3.8) is 0 Å². The van der Waals surface area contributed by atoms with Gasteiger partial charge in [-0.1, -0.05) is 26.8 Å². The zero-order valence-electron chi connectivity index (χ0n) is 13.7. The van der Waals surface area contributed by atoms with E-state index in [2.05, 4.69) is 37.1 Å². The summed E-state index contributed by atoms with van der Waals surface area (Å²) >= 11 is 0. The summed E-state index contributed by atoms with van der Waals surface area (Å²) < 4.78 is 14.4. The highest BCUT2D eigenvalue weighted by molar-refractivity contribution is 5.49. The van der Waals surface area contributed by atoms with Crippen LogP contribution < -0.4 is 10.2 Å². The Morgan fingerprint density at radius 1 is 1.29 bits per heavy atom. The van der Waals surface area contributed by atoms with Crippen molar-refractivity contribution in [2.45, 2.75) is 46.6 Å². The molecule has 0 aliphatic carbocycles. The maximum absolute atomic E-state index is 14.4. The van der Waals surface area contributed by atoms with Crippen molar-refractivity contribution in [2.24, 2.45) is 11.8 Å². The summed E-state index contributed by atoms with van der Waals surface area (Å²) in [5.41, 5.74) is 1.80. The Labute approximate surface area is 128 Å². The molecule has 0 spiro atoms. The van der Waals surface area contributed by atoms with E-state index in [1.165, 1.54) is 6.42 Å². The molecule has 0 aromatic heterocycles. The van der Waals surface area contributed by atoms with Crippen molar-refractivity contribution in [2.75, 3.05) is 24.5 Å². The number of anilines is 1. The zero-order valence-corrected chi connectivity index (χ0v) is 13.7. The molecule has 1 fully saturated rings. The first-order valence-electron chi connectivity index (χ1n) is 8.30. The molecule has 1 atom stereocenters. The minimum Gasteiger partial charge on any atom is -0.369 e. The van der Waals surface area contributed by atoms with Crippen molar-refractivity contribution in [3.8, 4) is 0 Å². The molecule has 1 heterocycles. The fourth-order valence-corrected chi connectivity index (χ4v) is 2.93. The lowest BCUT2D eigenvalue weighted by Crippen LogP contribution is -2.25. The summed E-state index contributed by atoms with van der Waals surface area (Å²) in [6, 6.07) is 5.70. The predicted octanol–water partition coefficient (Wildman–Crippen LogP) is 4.20. The monoisotopic (exact) mass is 292 g/mol. The lowest BCUT2D eigenvalue weighted by molar-refractivity contribution is 0.520. The van der Waals surface area contributed by atoms with Crippen LogP contribution in [-0.2, 0) is 6.54 Å². The van der Waals surface area contributed by atoms with Crippen LogP contribution >= 0.6 is 0 Å². The Bertz CT molecular complexity index is 445. The molecule has 0 radical (unpaired) electrons. The van der Waals surface area contributed by atoms with Crippen LogP contribution in [0.3, 0.4) is 0 Å². The van der Waals surface area contributed by atoms with Gasteiger partial charge in [0, 0.05) is 19.6 Å². The van der Waals surface area contributed by atoms with E-state index < -0.39 is 0 Å². The number of hydrogen-bond acceptors (Lipinski definition) is 2. The minimum atomic E-state index is -0.0756. The van der Waals surface area contributed by atoms with E-state index in [4.69, 9.17) is 0 Å². The van der Waals surface area contributed by atoms with Gasteiger partial charge in [0.15, 0.2) is 0 Å². The Morgan fingerprint density at radius 3 is 2.81 bits per heavy atom. The molecular formula is C18H29FN2. The molecule has 1 unspecified atom stereocenters. The second-order valence-corrected chi connectivity index (χ2v) is 6.83. The van der Waals surface area contributed by atoms with Gasteiger partial charge in [-0.05, 0) is 55.3 Å². The van der Waals surface area contributed by atoms with E-state index in [1.807, 2.05) is 6.07 Å². The number of hydrogen-bond donors (Lipinski definition) is 1. The molecule has 2 nitrogen and oxygen atoms in total. The molecule has 1 N–H and O–H groups in total. The molecular weight excluding hydrogens is 263 g/mol. The van der Waals surface area contributed by atoms with Crippen molar-refractivity contribution >= 4 is 5.69 Å². The van der Waals surface area contributed by atoms with Crippen LogP contribution in [0.1, 0.15) is 45.6 Å². The number of benzene rings is 1. The third-order valence-corrected chi connectivity index (χ3v) is 4.25. The van der Waals surface area contributed by atoms with E-state index in [9.17, 15) is 4.39 Å². The minimum absolute atomic E-state index is 0.0756. The van der Waals surface area contributed by atoms with Crippen molar-refractivity contribution in [3.05, 3.63) is 29.6 Å². The van der Waals surface area contributed by atoms with Crippen LogP contribution in [0.25, 0.3) is 0 Å². The molecule has 1 aliphatic heterocycles. The lowest BCUT2D eigenvalue weighted by atomic mass is 10.0. The van der Waals surface area contributed by atoms with Crippen LogP contribution in [0.4, 0.5) is 10.1 Å². The van der Waals surface area contributed by atoms with Gasteiger partial charge in [0.25, 0.3) is 0 Å². The van der Waals surface area contributed by atoms with Crippen LogP contribution in [0.15, 0.2) is 18.2 Å². The van der Waals surface area contributed by atoms with E-state index in [-0.39, 0.29) is 5.82 Å². The van der Waals surface area contributed by atoms with Crippen molar-refractivity contribution in [1.82, 2.24) is 5.32 Å². The summed E-state index contributed by atoms with van der Waals surface area (Å²) in [4.78, 5) is 2.21. The summed E-state index contributed by atoms with van der Waals surface area (Å²) in [5.74, 6) is 1.30. The molecule has 0 amide bonds. The first-order chi connectivity index (χ1) is 10.1. The van der Waals surface area contributed by atoms with Gasteiger partial charge in [0.2, 0.25) is 0 Å². The summed E-state index contributed by atoms with van der Waals surface area (Å²) in [6.45, 7) is 10.3. The zero-order chi connectivity index (χ0) is 15.2. The molecule has 0 bridgehead atoms. The van der Waals surface area contributed by atoms with Gasteiger partial charge in [-0.15, -0.1) is 0 Å². The predicted molar refractivity (Wildman–Crippen MR) is 88.2 cm³/mol. The largest absolute Gasteiger partial charge is 0.369 e.